The summed E-state index contributed by atoms with van der Waals surface area (Å²) in [5.41, 5.74) is 2.40. The fourth-order valence-electron chi connectivity index (χ4n) is 3.59. The number of nitrogens with two attached hydrogens (primary N) is 1. The molecular formula is C21H19NO7. The molecule has 0 aromatic heterocycles. The number of phenols is 2. The summed E-state index contributed by atoms with van der Waals surface area (Å²) in [7, 11) is 0. The molecule has 1 atom stereocenters. The number of carboxylic acids is 1. The van der Waals surface area contributed by atoms with Gasteiger partial charge < -0.3 is 21.1 Å². The number of aromatic hydroxyl groups is 2. The number of Topliss-reactive ketones (excluding diaryl/α,β-unsaturated/α-hetero) is 1. The van der Waals surface area contributed by atoms with Crippen LogP contribution in [0.2, 0.25) is 0 Å². The van der Waals surface area contributed by atoms with Crippen molar-refractivity contribution in [1.29, 1.82) is 0 Å². The minimum Gasteiger partial charge on any atom is -0.507 e. The van der Waals surface area contributed by atoms with Crippen molar-refractivity contribution in [1.82, 2.24) is 0 Å². The molecule has 3 rings (SSSR count). The Balaban J connectivity index is 2.18. The minimum absolute atomic E-state index is 0.0778. The summed E-state index contributed by atoms with van der Waals surface area (Å²) in [6.07, 6.45) is -0.164. The zero-order valence-electron chi connectivity index (χ0n) is 15.7. The minimum atomic E-state index is -2.26. The standard InChI is InChI=1S/C21H19NO7/c1-9(2)8-21(22,20(28)29)19(27)10-6-12-16(14(24)7-10)18(26)15-11(17(12)25)4-3-5-13(15)23/h3-7,9,23-24H,8,22H2,1-2H3,(H,28,29). The SMILES string of the molecule is CC(C)CC(N)(C(=O)O)C(=O)c1cc(O)c2c(c1)C(=O)c1cccc(O)c1C2=O. The van der Waals surface area contributed by atoms with Crippen LogP contribution >= 0.6 is 0 Å². The van der Waals surface area contributed by atoms with Crippen LogP contribution in [0.15, 0.2) is 30.3 Å². The lowest BCUT2D eigenvalue weighted by molar-refractivity contribution is -0.141. The van der Waals surface area contributed by atoms with E-state index < -0.39 is 40.4 Å². The maximum atomic E-state index is 12.9. The first-order chi connectivity index (χ1) is 13.5. The van der Waals surface area contributed by atoms with Crippen LogP contribution in [0.1, 0.15) is 62.5 Å². The van der Waals surface area contributed by atoms with Crippen LogP contribution in [0.5, 0.6) is 11.5 Å². The van der Waals surface area contributed by atoms with Crippen LogP contribution in [0, 0.1) is 5.92 Å². The van der Waals surface area contributed by atoms with Gasteiger partial charge in [0.05, 0.1) is 11.1 Å². The lowest BCUT2D eigenvalue weighted by atomic mass is 9.79. The number of ketones is 3. The number of hydrogen-bond acceptors (Lipinski definition) is 7. The van der Waals surface area contributed by atoms with Crippen molar-refractivity contribution in [3.63, 3.8) is 0 Å². The van der Waals surface area contributed by atoms with E-state index in [1.165, 1.54) is 18.2 Å². The molecule has 0 fully saturated rings. The Morgan fingerprint density at radius 1 is 1.00 bits per heavy atom. The Labute approximate surface area is 165 Å². The molecule has 0 spiro atoms. The highest BCUT2D eigenvalue weighted by Gasteiger charge is 2.44. The summed E-state index contributed by atoms with van der Waals surface area (Å²) < 4.78 is 0. The predicted molar refractivity (Wildman–Crippen MR) is 101 cm³/mol. The highest BCUT2D eigenvalue weighted by molar-refractivity contribution is 6.31. The molecule has 0 saturated carbocycles. The fourth-order valence-corrected chi connectivity index (χ4v) is 3.59. The van der Waals surface area contributed by atoms with E-state index in [1.807, 2.05) is 0 Å². The summed E-state index contributed by atoms with van der Waals surface area (Å²) in [4.78, 5) is 50.2. The molecule has 0 heterocycles. The Kier molecular flexibility index (Phi) is 4.76. The lowest BCUT2D eigenvalue weighted by Crippen LogP contribution is -2.55. The average Bonchev–Trinajstić information content (AvgIpc) is 2.63. The maximum absolute atomic E-state index is 12.9. The van der Waals surface area contributed by atoms with E-state index in [0.29, 0.717) is 0 Å². The predicted octanol–water partition coefficient (Wildman–Crippen LogP) is 1.88. The Bertz CT molecular complexity index is 1090. The molecular weight excluding hydrogens is 378 g/mol. The maximum Gasteiger partial charge on any atom is 0.331 e. The molecule has 0 radical (unpaired) electrons. The van der Waals surface area contributed by atoms with E-state index in [9.17, 15) is 34.5 Å². The number of benzene rings is 2. The monoisotopic (exact) mass is 397 g/mol. The summed E-state index contributed by atoms with van der Waals surface area (Å²) in [6, 6.07) is 5.95. The first-order valence-electron chi connectivity index (χ1n) is 8.84. The van der Waals surface area contributed by atoms with Crippen molar-refractivity contribution in [2.75, 3.05) is 0 Å². The van der Waals surface area contributed by atoms with Crippen LogP contribution in [-0.2, 0) is 4.79 Å². The molecule has 2 aromatic carbocycles. The third-order valence-corrected chi connectivity index (χ3v) is 4.88. The smallest absolute Gasteiger partial charge is 0.331 e. The number of fused-ring (bicyclic) bond motifs is 2. The molecule has 8 nitrogen and oxygen atoms in total. The highest BCUT2D eigenvalue weighted by Crippen LogP contribution is 2.37. The van der Waals surface area contributed by atoms with E-state index in [2.05, 4.69) is 0 Å². The molecule has 5 N–H and O–H groups in total. The number of aliphatic carboxylic acids is 1. The third-order valence-electron chi connectivity index (χ3n) is 4.88. The van der Waals surface area contributed by atoms with Crippen molar-refractivity contribution in [3.8, 4) is 11.5 Å². The van der Waals surface area contributed by atoms with Gasteiger partial charge >= 0.3 is 5.97 Å². The molecule has 8 heteroatoms. The molecule has 2 aromatic rings. The Hall–Kier alpha value is -3.52. The topological polar surface area (TPSA) is 155 Å². The zero-order chi connectivity index (χ0) is 21.7. The first kappa shape index (κ1) is 20.2. The van der Waals surface area contributed by atoms with Crippen molar-refractivity contribution >= 4 is 23.3 Å². The Morgan fingerprint density at radius 3 is 2.21 bits per heavy atom. The van der Waals surface area contributed by atoms with Crippen LogP contribution in [0.3, 0.4) is 0 Å². The fraction of sp³-hybridized carbons (Fsp3) is 0.238. The normalized spacial score (nSPS) is 14.9. The van der Waals surface area contributed by atoms with Gasteiger partial charge in [0.15, 0.2) is 17.1 Å². The van der Waals surface area contributed by atoms with Gasteiger partial charge in [-0.25, -0.2) is 4.79 Å². The number of rotatable bonds is 5. The number of carboxylic acid groups (broad SMARTS) is 1. The number of phenolic OH excluding ortho intramolecular Hbond substituents is 2. The number of carbonyl (C=O) groups excluding carboxylic acids is 3. The molecule has 0 saturated heterocycles. The highest BCUT2D eigenvalue weighted by atomic mass is 16.4. The van der Waals surface area contributed by atoms with Gasteiger partial charge in [0.2, 0.25) is 5.78 Å². The van der Waals surface area contributed by atoms with Crippen molar-refractivity contribution in [2.24, 2.45) is 11.7 Å². The summed E-state index contributed by atoms with van der Waals surface area (Å²) in [5.74, 6) is -5.28. The van der Waals surface area contributed by atoms with Crippen molar-refractivity contribution < 1.29 is 34.5 Å². The van der Waals surface area contributed by atoms with Gasteiger partial charge in [-0.3, -0.25) is 14.4 Å². The second-order valence-electron chi connectivity index (χ2n) is 7.48. The molecule has 150 valence electrons. The van der Waals surface area contributed by atoms with Crippen LogP contribution < -0.4 is 5.73 Å². The van der Waals surface area contributed by atoms with Crippen LogP contribution in [0.4, 0.5) is 0 Å². The van der Waals surface area contributed by atoms with Gasteiger partial charge in [-0.2, -0.15) is 0 Å². The van der Waals surface area contributed by atoms with E-state index in [1.54, 1.807) is 13.8 Å². The molecule has 1 aliphatic rings. The quantitative estimate of drug-likeness (QED) is 0.376. The van der Waals surface area contributed by atoms with E-state index in [-0.39, 0.29) is 40.2 Å². The molecule has 1 unspecified atom stereocenters. The Morgan fingerprint density at radius 2 is 1.62 bits per heavy atom. The lowest BCUT2D eigenvalue weighted by Gasteiger charge is -2.26. The second-order valence-corrected chi connectivity index (χ2v) is 7.48. The van der Waals surface area contributed by atoms with Gasteiger partial charge in [0.1, 0.15) is 11.5 Å². The zero-order valence-corrected chi connectivity index (χ0v) is 15.7. The van der Waals surface area contributed by atoms with E-state index >= 15 is 0 Å². The first-order valence-corrected chi connectivity index (χ1v) is 8.84. The number of hydrogen-bond donors (Lipinski definition) is 4. The molecule has 0 amide bonds. The summed E-state index contributed by atoms with van der Waals surface area (Å²) in [6.45, 7) is 3.40. The molecule has 0 bridgehead atoms. The van der Waals surface area contributed by atoms with Gasteiger partial charge in [-0.15, -0.1) is 0 Å². The molecule has 29 heavy (non-hydrogen) atoms. The average molecular weight is 397 g/mol. The molecule has 0 aliphatic heterocycles. The van der Waals surface area contributed by atoms with Crippen LogP contribution in [-0.4, -0.2) is 44.2 Å². The van der Waals surface area contributed by atoms with Crippen LogP contribution in [0.25, 0.3) is 0 Å². The third kappa shape index (κ3) is 3.07. The van der Waals surface area contributed by atoms with Gasteiger partial charge in [-0.05, 0) is 30.5 Å². The molecule has 1 aliphatic carbocycles. The van der Waals surface area contributed by atoms with Crippen molar-refractivity contribution in [3.05, 3.63) is 58.1 Å². The van der Waals surface area contributed by atoms with Gasteiger partial charge in [0.25, 0.3) is 0 Å². The second kappa shape index (κ2) is 6.82. The summed E-state index contributed by atoms with van der Waals surface area (Å²) >= 11 is 0. The summed E-state index contributed by atoms with van der Waals surface area (Å²) in [5, 5.41) is 29.9. The van der Waals surface area contributed by atoms with E-state index in [0.717, 1.165) is 12.1 Å². The van der Waals surface area contributed by atoms with E-state index in [4.69, 9.17) is 5.73 Å². The number of carbonyl (C=O) groups is 4. The van der Waals surface area contributed by atoms with Crippen molar-refractivity contribution in [2.45, 2.75) is 25.8 Å². The van der Waals surface area contributed by atoms with Gasteiger partial charge in [0, 0.05) is 16.7 Å². The van der Waals surface area contributed by atoms with Gasteiger partial charge in [-0.1, -0.05) is 26.0 Å². The largest absolute Gasteiger partial charge is 0.507 e.